The van der Waals surface area contributed by atoms with Crippen LogP contribution in [-0.4, -0.2) is 49.9 Å². The Balaban J connectivity index is 1.14. The van der Waals surface area contributed by atoms with Crippen molar-refractivity contribution in [1.29, 1.82) is 0 Å². The van der Waals surface area contributed by atoms with Crippen LogP contribution >= 0.6 is 11.3 Å². The number of carbonyl (C=O) groups is 1. The minimum atomic E-state index is -3.66. The Kier molecular flexibility index (Phi) is 7.56. The van der Waals surface area contributed by atoms with E-state index < -0.39 is 33.8 Å². The molecule has 1 aromatic heterocycles. The van der Waals surface area contributed by atoms with Crippen molar-refractivity contribution in [3.05, 3.63) is 94.5 Å². The Morgan fingerprint density at radius 2 is 1.76 bits per heavy atom. The lowest BCUT2D eigenvalue weighted by molar-refractivity contribution is 0.0733. The predicted octanol–water partition coefficient (Wildman–Crippen LogP) is 5.16. The normalized spacial score (nSPS) is 17.3. The fourth-order valence-corrected chi connectivity index (χ4v) is 7.09. The van der Waals surface area contributed by atoms with E-state index in [4.69, 9.17) is 4.74 Å². The second kappa shape index (κ2) is 11.3. The van der Waals surface area contributed by atoms with Crippen LogP contribution in [-0.2, 0) is 21.4 Å². The summed E-state index contributed by atoms with van der Waals surface area (Å²) in [6.07, 6.45) is 0.927. The van der Waals surface area contributed by atoms with E-state index in [1.165, 1.54) is 21.7 Å². The Labute approximate surface area is 240 Å². The molecule has 0 radical (unpaired) electrons. The van der Waals surface area contributed by atoms with Gasteiger partial charge in [-0.15, -0.1) is 11.3 Å². The van der Waals surface area contributed by atoms with Crippen molar-refractivity contribution in [2.75, 3.05) is 31.0 Å². The maximum Gasteiger partial charge on any atom is 0.301 e. The van der Waals surface area contributed by atoms with Gasteiger partial charge in [0.05, 0.1) is 19.3 Å². The van der Waals surface area contributed by atoms with Gasteiger partial charge in [-0.2, -0.15) is 12.7 Å². The zero-order chi connectivity index (χ0) is 28.6. The van der Waals surface area contributed by atoms with Gasteiger partial charge in [-0.1, -0.05) is 30.3 Å². The number of nitrogens with one attached hydrogen (secondary N) is 2. The molecule has 41 heavy (non-hydrogen) atoms. The number of nitrogens with zero attached hydrogens (tertiary/aromatic N) is 2. The van der Waals surface area contributed by atoms with Gasteiger partial charge >= 0.3 is 10.2 Å². The van der Waals surface area contributed by atoms with E-state index in [0.29, 0.717) is 61.0 Å². The van der Waals surface area contributed by atoms with Crippen molar-refractivity contribution in [3.63, 3.8) is 0 Å². The van der Waals surface area contributed by atoms with Crippen LogP contribution in [0, 0.1) is 11.6 Å². The topological polar surface area (TPSA) is 101 Å². The first-order chi connectivity index (χ1) is 19.8. The van der Waals surface area contributed by atoms with E-state index >= 15 is 0 Å². The molecule has 1 unspecified atom stereocenters. The van der Waals surface area contributed by atoms with Gasteiger partial charge in [-0.3, -0.25) is 9.52 Å². The summed E-state index contributed by atoms with van der Waals surface area (Å²) in [6, 6.07) is 16.4. The molecule has 1 aliphatic heterocycles. The van der Waals surface area contributed by atoms with Crippen molar-refractivity contribution < 1.29 is 26.7 Å². The number of morpholine rings is 1. The quantitative estimate of drug-likeness (QED) is 0.307. The highest BCUT2D eigenvalue weighted by molar-refractivity contribution is 7.90. The van der Waals surface area contributed by atoms with E-state index in [1.54, 1.807) is 17.5 Å². The van der Waals surface area contributed by atoms with Gasteiger partial charge < -0.3 is 10.1 Å². The summed E-state index contributed by atoms with van der Waals surface area (Å²) < 4.78 is 62.3. The van der Waals surface area contributed by atoms with Crippen molar-refractivity contribution in [2.45, 2.75) is 18.9 Å². The number of thiazole rings is 1. The molecule has 0 saturated carbocycles. The summed E-state index contributed by atoms with van der Waals surface area (Å²) in [5.74, 6) is -1.65. The summed E-state index contributed by atoms with van der Waals surface area (Å²) in [5, 5.41) is 5.17. The maximum absolute atomic E-state index is 14.1. The number of benzene rings is 3. The molecule has 0 spiro atoms. The van der Waals surface area contributed by atoms with Crippen LogP contribution in [0.2, 0.25) is 0 Å². The van der Waals surface area contributed by atoms with Crippen molar-refractivity contribution in [1.82, 2.24) is 14.6 Å². The number of aromatic nitrogens is 1. The number of fused-ring (bicyclic) bond motifs is 1. The van der Waals surface area contributed by atoms with Crippen LogP contribution in [0.1, 0.15) is 34.1 Å². The zero-order valence-corrected chi connectivity index (χ0v) is 23.4. The van der Waals surface area contributed by atoms with Gasteiger partial charge in [0.1, 0.15) is 22.3 Å². The number of anilines is 1. The first-order valence-electron chi connectivity index (χ1n) is 13.1. The molecule has 212 valence electrons. The Hall–Kier alpha value is -3.71. The molecule has 2 heterocycles. The zero-order valence-electron chi connectivity index (χ0n) is 21.8. The SMILES string of the molecule is O=C(NC1CCc2c(F)cc(F)cc21)c1csc(-c2cccc(-c3ccc(NS(=O)(=O)N4CCOCC4)cc3)c2)n1. The number of ether oxygens (including phenoxy) is 1. The average Bonchev–Trinajstić information content (AvgIpc) is 3.62. The highest BCUT2D eigenvalue weighted by Gasteiger charge is 2.28. The van der Waals surface area contributed by atoms with E-state index in [-0.39, 0.29) is 5.69 Å². The lowest BCUT2D eigenvalue weighted by Crippen LogP contribution is -2.43. The van der Waals surface area contributed by atoms with Crippen molar-refractivity contribution in [3.8, 4) is 21.7 Å². The van der Waals surface area contributed by atoms with Crippen LogP contribution in [0.4, 0.5) is 14.5 Å². The molecule has 1 atom stereocenters. The standard InChI is InChI=1S/C29H26F2N4O4S2/c30-21-15-24-23(25(31)16-21)8-9-26(24)32-28(36)27-17-40-29(33-27)20-3-1-2-19(14-20)18-4-6-22(7-5-18)34-41(37,38)35-10-12-39-13-11-35/h1-7,14-17,26,34H,8-13H2,(H,32,36). The van der Waals surface area contributed by atoms with Gasteiger partial charge in [0, 0.05) is 35.8 Å². The molecule has 6 rings (SSSR count). The molecule has 1 amide bonds. The number of rotatable bonds is 7. The summed E-state index contributed by atoms with van der Waals surface area (Å²) >= 11 is 1.32. The van der Waals surface area contributed by atoms with E-state index in [9.17, 15) is 22.0 Å². The molecule has 3 aromatic carbocycles. The molecule has 0 bridgehead atoms. The minimum absolute atomic E-state index is 0.234. The van der Waals surface area contributed by atoms with Crippen LogP contribution in [0.3, 0.4) is 0 Å². The van der Waals surface area contributed by atoms with E-state index in [2.05, 4.69) is 15.0 Å². The summed E-state index contributed by atoms with van der Waals surface area (Å²) in [7, 11) is -3.66. The van der Waals surface area contributed by atoms with Gasteiger partial charge in [0.15, 0.2) is 0 Å². The largest absolute Gasteiger partial charge is 0.379 e. The van der Waals surface area contributed by atoms with Crippen LogP contribution in [0.25, 0.3) is 21.7 Å². The molecule has 1 aliphatic carbocycles. The predicted molar refractivity (Wildman–Crippen MR) is 153 cm³/mol. The average molecular weight is 597 g/mol. The molecule has 1 fully saturated rings. The third-order valence-electron chi connectivity index (χ3n) is 7.18. The minimum Gasteiger partial charge on any atom is -0.379 e. The second-order valence-electron chi connectivity index (χ2n) is 9.83. The molecule has 4 aromatic rings. The van der Waals surface area contributed by atoms with E-state index in [0.717, 1.165) is 22.8 Å². The van der Waals surface area contributed by atoms with Crippen LogP contribution in [0.5, 0.6) is 0 Å². The Bertz CT molecular complexity index is 1700. The molecular weight excluding hydrogens is 570 g/mol. The Morgan fingerprint density at radius 3 is 2.54 bits per heavy atom. The molecule has 2 N–H and O–H groups in total. The summed E-state index contributed by atoms with van der Waals surface area (Å²) in [4.78, 5) is 17.4. The number of hydrogen-bond acceptors (Lipinski definition) is 6. The first kappa shape index (κ1) is 27.5. The van der Waals surface area contributed by atoms with Crippen LogP contribution < -0.4 is 10.0 Å². The highest BCUT2D eigenvalue weighted by atomic mass is 32.2. The Morgan fingerprint density at radius 1 is 1.00 bits per heavy atom. The molecule has 2 aliphatic rings. The number of carbonyl (C=O) groups excluding carboxylic acids is 1. The van der Waals surface area contributed by atoms with Gasteiger partial charge in [0.25, 0.3) is 5.91 Å². The van der Waals surface area contributed by atoms with E-state index in [1.807, 2.05) is 36.4 Å². The van der Waals surface area contributed by atoms with Crippen molar-refractivity contribution in [2.24, 2.45) is 0 Å². The number of hydrogen-bond donors (Lipinski definition) is 2. The molecule has 12 heteroatoms. The number of halogens is 2. The second-order valence-corrected chi connectivity index (χ2v) is 12.4. The molecule has 8 nitrogen and oxygen atoms in total. The summed E-state index contributed by atoms with van der Waals surface area (Å²) in [6.45, 7) is 1.38. The highest BCUT2D eigenvalue weighted by Crippen LogP contribution is 2.34. The smallest absolute Gasteiger partial charge is 0.301 e. The van der Waals surface area contributed by atoms with Gasteiger partial charge in [0.2, 0.25) is 0 Å². The van der Waals surface area contributed by atoms with Gasteiger partial charge in [-0.25, -0.2) is 13.8 Å². The fraction of sp³-hybridized carbons (Fsp3) is 0.241. The molecular formula is C29H26F2N4O4S2. The third-order valence-corrected chi connectivity index (χ3v) is 9.61. The lowest BCUT2D eigenvalue weighted by atomic mass is 10.0. The van der Waals surface area contributed by atoms with Crippen LogP contribution in [0.15, 0.2) is 66.0 Å². The number of amides is 1. The monoisotopic (exact) mass is 596 g/mol. The first-order valence-corrected chi connectivity index (χ1v) is 15.4. The lowest BCUT2D eigenvalue weighted by Gasteiger charge is -2.26. The molecule has 1 saturated heterocycles. The maximum atomic E-state index is 14.1. The third kappa shape index (κ3) is 5.87. The van der Waals surface area contributed by atoms with Crippen molar-refractivity contribution >= 4 is 33.1 Å². The fourth-order valence-electron chi connectivity index (χ4n) is 5.10. The van der Waals surface area contributed by atoms with Gasteiger partial charge in [-0.05, 0) is 59.4 Å². The summed E-state index contributed by atoms with van der Waals surface area (Å²) in [5.41, 5.74) is 4.21.